The molecule has 122 valence electrons. The lowest BCUT2D eigenvalue weighted by atomic mass is 10.0. The Morgan fingerprint density at radius 2 is 1.76 bits per heavy atom. The van der Waals surface area contributed by atoms with E-state index in [1.54, 1.807) is 0 Å². The number of rotatable bonds is 3. The van der Waals surface area contributed by atoms with Crippen molar-refractivity contribution in [2.75, 3.05) is 4.90 Å². The Hall–Kier alpha value is -3.07. The standard InChI is InChI=1S/C22H19N3/c23-22(24)25(18-10-6-15(7-11-18)14-4-5-14)20-13-9-17-3-1-2-16-8-12-19(20)21(16)17/h1-3,6-14H,4-5H2,(H3,23,24). The maximum absolute atomic E-state index is 8.15. The highest BCUT2D eigenvalue weighted by Gasteiger charge is 2.24. The highest BCUT2D eigenvalue weighted by atomic mass is 15.2. The monoisotopic (exact) mass is 325 g/mol. The number of nitrogens with one attached hydrogen (secondary N) is 1. The van der Waals surface area contributed by atoms with Crippen LogP contribution < -0.4 is 10.6 Å². The largest absolute Gasteiger partial charge is 0.369 e. The summed E-state index contributed by atoms with van der Waals surface area (Å²) < 4.78 is 0. The Morgan fingerprint density at radius 3 is 2.48 bits per heavy atom. The molecular formula is C22H19N3. The van der Waals surface area contributed by atoms with Gasteiger partial charge in [0.25, 0.3) is 0 Å². The van der Waals surface area contributed by atoms with Gasteiger partial charge in [0.05, 0.1) is 5.69 Å². The zero-order valence-electron chi connectivity index (χ0n) is 13.9. The van der Waals surface area contributed by atoms with Crippen molar-refractivity contribution in [1.29, 1.82) is 5.41 Å². The third kappa shape index (κ3) is 2.23. The van der Waals surface area contributed by atoms with Gasteiger partial charge in [0, 0.05) is 11.3 Å². The first kappa shape index (κ1) is 14.3. The molecule has 3 heteroatoms. The van der Waals surface area contributed by atoms with E-state index in [-0.39, 0.29) is 5.96 Å². The molecule has 3 aromatic carbocycles. The molecule has 2 aliphatic carbocycles. The Labute approximate surface area is 146 Å². The van der Waals surface area contributed by atoms with Crippen LogP contribution in [0.4, 0.5) is 11.4 Å². The minimum absolute atomic E-state index is 0.0348. The number of nitrogens with two attached hydrogens (primary N) is 1. The van der Waals surface area contributed by atoms with E-state index in [1.807, 2.05) is 4.90 Å². The van der Waals surface area contributed by atoms with Crippen molar-refractivity contribution in [3.05, 3.63) is 71.3 Å². The molecule has 5 rings (SSSR count). The molecule has 1 saturated carbocycles. The average molecular weight is 325 g/mol. The van der Waals surface area contributed by atoms with Gasteiger partial charge in [0.15, 0.2) is 5.96 Å². The zero-order chi connectivity index (χ0) is 17.0. The summed E-state index contributed by atoms with van der Waals surface area (Å²) in [5.74, 6) is 0.760. The smallest absolute Gasteiger partial charge is 0.197 e. The first-order valence-corrected chi connectivity index (χ1v) is 8.70. The molecule has 0 atom stereocenters. The molecule has 0 unspecified atom stereocenters. The van der Waals surface area contributed by atoms with Crippen molar-refractivity contribution < 1.29 is 0 Å². The molecule has 0 bridgehead atoms. The second-order valence-electron chi connectivity index (χ2n) is 6.86. The minimum atomic E-state index is 0.0348. The van der Waals surface area contributed by atoms with Crippen molar-refractivity contribution in [2.24, 2.45) is 5.73 Å². The molecule has 0 spiro atoms. The Kier molecular flexibility index (Phi) is 2.98. The van der Waals surface area contributed by atoms with Crippen LogP contribution in [0.3, 0.4) is 0 Å². The lowest BCUT2D eigenvalue weighted by Gasteiger charge is -2.25. The summed E-state index contributed by atoms with van der Waals surface area (Å²) in [4.78, 5) is 1.83. The summed E-state index contributed by atoms with van der Waals surface area (Å²) in [6, 6.07) is 19.0. The van der Waals surface area contributed by atoms with Gasteiger partial charge < -0.3 is 5.73 Å². The second kappa shape index (κ2) is 5.21. The fourth-order valence-corrected chi connectivity index (χ4v) is 3.82. The van der Waals surface area contributed by atoms with Gasteiger partial charge in [0.1, 0.15) is 0 Å². The van der Waals surface area contributed by atoms with Gasteiger partial charge in [0.2, 0.25) is 0 Å². The molecule has 0 heterocycles. The minimum Gasteiger partial charge on any atom is -0.369 e. The lowest BCUT2D eigenvalue weighted by Crippen LogP contribution is -2.32. The fourth-order valence-electron chi connectivity index (χ4n) is 3.82. The van der Waals surface area contributed by atoms with Crippen LogP contribution in [-0.2, 0) is 0 Å². The van der Waals surface area contributed by atoms with E-state index in [0.717, 1.165) is 22.9 Å². The van der Waals surface area contributed by atoms with Gasteiger partial charge in [-0.3, -0.25) is 10.3 Å². The summed E-state index contributed by atoms with van der Waals surface area (Å²) in [5, 5.41) is 10.6. The van der Waals surface area contributed by atoms with E-state index in [0.29, 0.717) is 0 Å². The van der Waals surface area contributed by atoms with Crippen molar-refractivity contribution in [3.63, 3.8) is 0 Å². The van der Waals surface area contributed by atoms with E-state index >= 15 is 0 Å². The molecule has 3 N–H and O–H groups in total. The molecule has 0 saturated heterocycles. The molecule has 0 amide bonds. The van der Waals surface area contributed by atoms with Crippen molar-refractivity contribution in [1.82, 2.24) is 0 Å². The summed E-state index contributed by atoms with van der Waals surface area (Å²) >= 11 is 0. The number of hydrogen-bond donors (Lipinski definition) is 2. The van der Waals surface area contributed by atoms with Crippen molar-refractivity contribution in [3.8, 4) is 0 Å². The van der Waals surface area contributed by atoms with Crippen LogP contribution in [0.25, 0.3) is 22.9 Å². The highest BCUT2D eigenvalue weighted by Crippen LogP contribution is 2.42. The molecule has 0 aromatic heterocycles. The first-order valence-electron chi connectivity index (χ1n) is 8.70. The maximum Gasteiger partial charge on any atom is 0.197 e. The van der Waals surface area contributed by atoms with E-state index in [2.05, 4.69) is 66.7 Å². The van der Waals surface area contributed by atoms with Crippen molar-refractivity contribution >= 4 is 40.3 Å². The van der Waals surface area contributed by atoms with Crippen LogP contribution in [0, 0.1) is 5.41 Å². The quantitative estimate of drug-likeness (QED) is 0.400. The predicted molar refractivity (Wildman–Crippen MR) is 105 cm³/mol. The Balaban J connectivity index is 1.65. The highest BCUT2D eigenvalue weighted by molar-refractivity contribution is 6.12. The van der Waals surface area contributed by atoms with E-state index in [9.17, 15) is 0 Å². The van der Waals surface area contributed by atoms with Crippen LogP contribution >= 0.6 is 0 Å². The van der Waals surface area contributed by atoms with Crippen LogP contribution in [0.2, 0.25) is 0 Å². The molecule has 25 heavy (non-hydrogen) atoms. The summed E-state index contributed by atoms with van der Waals surface area (Å²) in [6.45, 7) is 0. The van der Waals surface area contributed by atoms with Gasteiger partial charge in [-0.05, 0) is 58.9 Å². The molecule has 0 radical (unpaired) electrons. The number of anilines is 2. The SMILES string of the molecule is N=C(N)N(c1ccc(C2CC2)cc1)c1ccc2cccc3c2c1C=C3. The topological polar surface area (TPSA) is 53.1 Å². The third-order valence-corrected chi connectivity index (χ3v) is 5.21. The van der Waals surface area contributed by atoms with Crippen LogP contribution in [0.5, 0.6) is 0 Å². The normalized spacial score (nSPS) is 14.9. The number of guanidine groups is 1. The molecule has 1 fully saturated rings. The number of hydrogen-bond acceptors (Lipinski definition) is 1. The van der Waals surface area contributed by atoms with Crippen LogP contribution in [-0.4, -0.2) is 5.96 Å². The van der Waals surface area contributed by atoms with Crippen molar-refractivity contribution in [2.45, 2.75) is 18.8 Å². The molecule has 0 aliphatic heterocycles. The summed E-state index contributed by atoms with van der Waals surface area (Å²) in [5.41, 5.74) is 11.6. The maximum atomic E-state index is 8.15. The van der Waals surface area contributed by atoms with Gasteiger partial charge in [-0.15, -0.1) is 0 Å². The van der Waals surface area contributed by atoms with Gasteiger partial charge >= 0.3 is 0 Å². The Bertz CT molecular complexity index is 1030. The molecular weight excluding hydrogens is 306 g/mol. The first-order chi connectivity index (χ1) is 12.2. The van der Waals surface area contributed by atoms with E-state index in [4.69, 9.17) is 11.1 Å². The Morgan fingerprint density at radius 1 is 0.960 bits per heavy atom. The second-order valence-corrected chi connectivity index (χ2v) is 6.86. The molecule has 3 aromatic rings. The van der Waals surface area contributed by atoms with E-state index < -0.39 is 0 Å². The van der Waals surface area contributed by atoms with E-state index in [1.165, 1.54) is 34.7 Å². The third-order valence-electron chi connectivity index (χ3n) is 5.21. The summed E-state index contributed by atoms with van der Waals surface area (Å²) in [7, 11) is 0. The predicted octanol–water partition coefficient (Wildman–Crippen LogP) is 5.23. The van der Waals surface area contributed by atoms with Gasteiger partial charge in [-0.2, -0.15) is 0 Å². The average Bonchev–Trinajstić information content (AvgIpc) is 3.38. The fraction of sp³-hybridized carbons (Fsp3) is 0.136. The molecule has 3 nitrogen and oxygen atoms in total. The zero-order valence-corrected chi connectivity index (χ0v) is 13.9. The molecule has 2 aliphatic rings. The lowest BCUT2D eigenvalue weighted by molar-refractivity contribution is 1.13. The van der Waals surface area contributed by atoms with Crippen LogP contribution in [0.15, 0.2) is 54.6 Å². The van der Waals surface area contributed by atoms with Crippen LogP contribution in [0.1, 0.15) is 35.4 Å². The van der Waals surface area contributed by atoms with Gasteiger partial charge in [-0.1, -0.05) is 48.6 Å². The van der Waals surface area contributed by atoms with Gasteiger partial charge in [-0.25, -0.2) is 0 Å². The number of nitrogens with zero attached hydrogens (tertiary/aromatic N) is 1. The number of benzene rings is 3. The summed E-state index contributed by atoms with van der Waals surface area (Å²) in [6.07, 6.45) is 6.84.